The van der Waals surface area contributed by atoms with Crippen molar-refractivity contribution < 1.29 is 56.5 Å². The third kappa shape index (κ3) is 15.7. The first-order valence-electron chi connectivity index (χ1n) is 17.8. The Balaban J connectivity index is 0.000000194. The maximum absolute atomic E-state index is 13.7. The second-order valence-electron chi connectivity index (χ2n) is 14.0. The van der Waals surface area contributed by atoms with E-state index in [4.69, 9.17) is 18.9 Å². The van der Waals surface area contributed by atoms with Crippen molar-refractivity contribution in [2.24, 2.45) is 0 Å². The minimum atomic E-state index is -0.668. The third-order valence-electron chi connectivity index (χ3n) is 9.04. The summed E-state index contributed by atoms with van der Waals surface area (Å²) in [5.41, 5.74) is 7.38. The molecule has 58 heavy (non-hydrogen) atoms. The van der Waals surface area contributed by atoms with Crippen LogP contribution in [0.15, 0.2) is 91.0 Å². The Morgan fingerprint density at radius 1 is 0.655 bits per heavy atom. The van der Waals surface area contributed by atoms with Crippen LogP contribution in [-0.2, 0) is 57.4 Å². The van der Waals surface area contributed by atoms with Gasteiger partial charge in [-0.1, -0.05) is 60.7 Å². The van der Waals surface area contributed by atoms with Crippen LogP contribution >= 0.6 is 99.9 Å². The molecule has 0 radical (unpaired) electrons. The molecule has 16 heteroatoms. The molecule has 0 bridgehead atoms. The van der Waals surface area contributed by atoms with Gasteiger partial charge in [-0.25, -0.2) is 8.78 Å². The molecular weight excluding hydrogens is 1390 g/mol. The molecule has 2 fully saturated rings. The van der Waals surface area contributed by atoms with Crippen molar-refractivity contribution in [1.29, 1.82) is 0 Å². The standard InChI is InChI=1S/C21H19FO3.C15H11FO.C6H10O3.5HI.2V/c1-21(2)24-12-16(25-21)11-19-17-6-4-3-5-13(17)9-14-7-8-15(22)10-18(14)20(19)23;16-13-6-5-12-7-10-3-1-2-4-11(10)8-15(17)14(12)9-13;1-6(2)8-4-5(3-7)9-6;;;;;;;/h3-8,10-11,16H,9,12H2,1-2H3;1-6,9H,7-8H2;3,5H,4H2,1-2H3;5*1H;;/q;;;;;;;;+2;+3/p-5. The number of carbonyl (C=O) groups excluding carboxylic acids is 3. The van der Waals surface area contributed by atoms with Crippen molar-refractivity contribution in [3.63, 3.8) is 0 Å². The number of Topliss-reactive ketones (excluding diaryl/α,β-unsaturated/α-hetero) is 2. The number of benzene rings is 4. The zero-order valence-electron chi connectivity index (χ0n) is 31.8. The third-order valence-corrected chi connectivity index (χ3v) is 9.04. The van der Waals surface area contributed by atoms with E-state index in [-0.39, 0.29) is 34.5 Å². The summed E-state index contributed by atoms with van der Waals surface area (Å²) in [5.74, 6) is -2.15. The summed E-state index contributed by atoms with van der Waals surface area (Å²) in [4.78, 5) is 35.0. The Bertz CT molecular complexity index is 2100. The van der Waals surface area contributed by atoms with Crippen LogP contribution in [0.3, 0.4) is 0 Å². The van der Waals surface area contributed by atoms with E-state index in [0.717, 1.165) is 39.7 Å². The van der Waals surface area contributed by atoms with Crippen LogP contribution < -0.4 is 0 Å². The molecule has 0 amide bonds. The van der Waals surface area contributed by atoms with Crippen molar-refractivity contribution in [3.8, 4) is 0 Å². The minimum absolute atomic E-state index is 0.00412. The van der Waals surface area contributed by atoms with Crippen molar-refractivity contribution in [1.82, 2.24) is 0 Å². The summed E-state index contributed by atoms with van der Waals surface area (Å²) in [6, 6.07) is 24.6. The topological polar surface area (TPSA) is 88.1 Å². The van der Waals surface area contributed by atoms with E-state index < -0.39 is 17.4 Å². The van der Waals surface area contributed by atoms with E-state index in [1.165, 1.54) is 24.3 Å². The Hall–Kier alpha value is 0.149. The van der Waals surface area contributed by atoms with Gasteiger partial charge in [0.2, 0.25) is 0 Å². The van der Waals surface area contributed by atoms with Crippen LogP contribution in [0.1, 0.15) is 81.8 Å². The van der Waals surface area contributed by atoms with Gasteiger partial charge in [0.1, 0.15) is 23.8 Å². The molecule has 2 unspecified atom stereocenters. The Morgan fingerprint density at radius 2 is 1.09 bits per heavy atom. The van der Waals surface area contributed by atoms with Crippen molar-refractivity contribution in [2.45, 2.75) is 70.7 Å². The number of fused-ring (bicyclic) bond motifs is 4. The van der Waals surface area contributed by atoms with Crippen molar-refractivity contribution in [2.75, 3.05) is 13.2 Å². The second kappa shape index (κ2) is 24.3. The van der Waals surface area contributed by atoms with Gasteiger partial charge in [-0.05, 0) is 104 Å². The summed E-state index contributed by atoms with van der Waals surface area (Å²) in [7, 11) is 0.628. The molecular formula is C42H40F2I5O7V2. The number of rotatable bonds is 2. The maximum atomic E-state index is 13.7. The van der Waals surface area contributed by atoms with Gasteiger partial charge in [0, 0.05) is 23.1 Å². The molecule has 8 rings (SSSR count). The number of aldehydes is 1. The summed E-state index contributed by atoms with van der Waals surface area (Å²) < 4.78 is 48.6. The fourth-order valence-corrected chi connectivity index (χ4v) is 6.59. The molecule has 2 saturated heterocycles. The molecule has 309 valence electrons. The Morgan fingerprint density at radius 3 is 1.59 bits per heavy atom. The Kier molecular flexibility index (Phi) is 21.3. The Labute approximate surface area is 405 Å². The molecule has 0 aromatic heterocycles. The summed E-state index contributed by atoms with van der Waals surface area (Å²) in [6.45, 7) is 8.05. The quantitative estimate of drug-likeness (QED) is 0.112. The number of hydrogen-bond donors (Lipinski definition) is 0. The van der Waals surface area contributed by atoms with E-state index in [0.29, 0.717) is 58.6 Å². The molecule has 4 aliphatic rings. The molecule has 2 heterocycles. The molecule has 2 aliphatic carbocycles. The molecule has 4 aromatic rings. The first kappa shape index (κ1) is 50.8. The fraction of sp³-hybridized carbons (Fsp3) is 0.310. The van der Waals surface area contributed by atoms with Gasteiger partial charge < -0.3 is 23.7 Å². The van der Waals surface area contributed by atoms with Gasteiger partial charge in [-0.2, -0.15) is 0 Å². The fourth-order valence-electron chi connectivity index (χ4n) is 6.59. The van der Waals surface area contributed by atoms with Crippen molar-refractivity contribution in [3.05, 3.63) is 147 Å². The van der Waals surface area contributed by atoms with Gasteiger partial charge in [-0.3, -0.25) is 9.59 Å². The molecule has 2 aliphatic heterocycles. The first-order chi connectivity index (χ1) is 27.4. The van der Waals surface area contributed by atoms with Crippen LogP contribution in [0, 0.1) is 11.6 Å². The zero-order chi connectivity index (χ0) is 42.6. The van der Waals surface area contributed by atoms with Gasteiger partial charge in [0.05, 0.1) is 13.2 Å². The first-order valence-corrected chi connectivity index (χ1v) is 40.3. The monoisotopic (exact) mass is 1430 g/mol. The zero-order valence-corrected chi connectivity index (χ0v) is 45.4. The predicted molar refractivity (Wildman–Crippen MR) is 258 cm³/mol. The SMILES string of the molecule is CC1(C)OCC(C=C2C(=O)c3cc(F)ccc3Cc3ccccc32)O1.CC1(C)OCC(C=O)O1.O=C1Cc2ccccc2Cc2ccc(F)cc21.[I][V]([I])[I].[I][V][I]. The number of halogens is 7. The average molecular weight is 1430 g/mol. The van der Waals surface area contributed by atoms with E-state index in [1.54, 1.807) is 26.0 Å². The predicted octanol–water partition coefficient (Wildman–Crippen LogP) is 12.1. The number of allylic oxidation sites excluding steroid dienone is 1. The van der Waals surface area contributed by atoms with Gasteiger partial charge in [0.15, 0.2) is 29.4 Å². The normalized spacial score (nSPS) is 20.0. The number of ketones is 2. The van der Waals surface area contributed by atoms with Crippen LogP contribution in [0.5, 0.6) is 0 Å². The van der Waals surface area contributed by atoms with E-state index in [9.17, 15) is 23.2 Å². The molecule has 0 spiro atoms. The molecule has 7 nitrogen and oxygen atoms in total. The number of ether oxygens (including phenoxy) is 4. The molecule has 2 atom stereocenters. The number of carbonyl (C=O) groups is 3. The van der Waals surface area contributed by atoms with E-state index >= 15 is 0 Å². The van der Waals surface area contributed by atoms with Crippen molar-refractivity contribution >= 4 is 123 Å². The van der Waals surface area contributed by atoms with Gasteiger partial charge in [0.25, 0.3) is 0 Å². The molecule has 0 N–H and O–H groups in total. The van der Waals surface area contributed by atoms with Gasteiger partial charge in [-0.15, -0.1) is 0 Å². The second-order valence-corrected chi connectivity index (χ2v) is 61.2. The van der Waals surface area contributed by atoms with E-state index in [2.05, 4.69) is 99.9 Å². The van der Waals surface area contributed by atoms with Crippen LogP contribution in [0.25, 0.3) is 5.57 Å². The van der Waals surface area contributed by atoms with Gasteiger partial charge >= 0.3 is 114 Å². The van der Waals surface area contributed by atoms with Crippen LogP contribution in [0.2, 0.25) is 0 Å². The summed E-state index contributed by atoms with van der Waals surface area (Å²) in [6.07, 6.45) is 3.58. The molecule has 4 aromatic carbocycles. The molecule has 0 saturated carbocycles. The average Bonchev–Trinajstić information content (AvgIpc) is 3.63. The van der Waals surface area contributed by atoms with Crippen LogP contribution in [0.4, 0.5) is 8.78 Å². The van der Waals surface area contributed by atoms with E-state index in [1.807, 2.05) is 68.5 Å². The number of hydrogen-bond acceptors (Lipinski definition) is 7. The summed E-state index contributed by atoms with van der Waals surface area (Å²) >= 11 is 12.1. The summed E-state index contributed by atoms with van der Waals surface area (Å²) in [5, 5.41) is 0. The van der Waals surface area contributed by atoms with Crippen LogP contribution in [-0.4, -0.2) is 54.8 Å².